The van der Waals surface area contributed by atoms with Gasteiger partial charge < -0.3 is 42.0 Å². The summed E-state index contributed by atoms with van der Waals surface area (Å²) < 4.78 is 0. The molecular formula is C28H35N5O7. The van der Waals surface area contributed by atoms with E-state index in [4.69, 9.17) is 5.73 Å². The number of aliphatic carboxylic acids is 1. The molecule has 12 heteroatoms. The van der Waals surface area contributed by atoms with Gasteiger partial charge in [0, 0.05) is 23.5 Å². The lowest BCUT2D eigenvalue weighted by Crippen LogP contribution is -2.59. The number of aromatic hydroxyl groups is 1. The average Bonchev–Trinajstić information content (AvgIpc) is 3.33. The molecular weight excluding hydrogens is 518 g/mol. The molecule has 0 aliphatic carbocycles. The number of fused-ring (bicyclic) bond motifs is 1. The van der Waals surface area contributed by atoms with Crippen LogP contribution in [0.15, 0.2) is 54.7 Å². The van der Waals surface area contributed by atoms with Crippen molar-refractivity contribution in [3.05, 3.63) is 65.9 Å². The Morgan fingerprint density at radius 2 is 1.50 bits per heavy atom. The number of aromatic nitrogens is 1. The van der Waals surface area contributed by atoms with Crippen LogP contribution in [-0.2, 0) is 32.0 Å². The molecule has 9 N–H and O–H groups in total. The number of H-pyrrole nitrogens is 1. The SMILES string of the molecule is CC(C)C(NC(=O)C(CO)NC(=O)C(Cc1ccc(O)cc1)NC(=O)C(N)Cc1c[nH]c2ccccc12)C(=O)O. The monoisotopic (exact) mass is 553 g/mol. The molecule has 1 heterocycles. The molecule has 12 nitrogen and oxygen atoms in total. The molecule has 3 amide bonds. The first-order chi connectivity index (χ1) is 19.0. The maximum atomic E-state index is 13.3. The summed E-state index contributed by atoms with van der Waals surface area (Å²) >= 11 is 0. The molecule has 0 aliphatic heterocycles. The van der Waals surface area contributed by atoms with Gasteiger partial charge in [0.05, 0.1) is 12.6 Å². The van der Waals surface area contributed by atoms with Crippen LogP contribution in [-0.4, -0.2) is 74.8 Å². The highest BCUT2D eigenvalue weighted by atomic mass is 16.4. The fourth-order valence-electron chi connectivity index (χ4n) is 4.22. The Morgan fingerprint density at radius 3 is 2.12 bits per heavy atom. The summed E-state index contributed by atoms with van der Waals surface area (Å²) in [5.74, 6) is -3.97. The van der Waals surface area contributed by atoms with Gasteiger partial charge in [0.1, 0.15) is 23.9 Å². The number of benzene rings is 2. The van der Waals surface area contributed by atoms with Gasteiger partial charge >= 0.3 is 5.97 Å². The predicted octanol–water partition coefficient (Wildman–Crippen LogP) is 0.173. The molecule has 40 heavy (non-hydrogen) atoms. The van der Waals surface area contributed by atoms with Crippen molar-refractivity contribution in [2.45, 2.75) is 50.9 Å². The van der Waals surface area contributed by atoms with Crippen LogP contribution in [0.25, 0.3) is 10.9 Å². The molecule has 4 unspecified atom stereocenters. The minimum absolute atomic E-state index is 0.0127. The number of carbonyl (C=O) groups excluding carboxylic acids is 3. The van der Waals surface area contributed by atoms with Gasteiger partial charge in [-0.15, -0.1) is 0 Å². The molecule has 0 aliphatic rings. The summed E-state index contributed by atoms with van der Waals surface area (Å²) in [6.45, 7) is 2.41. The number of carboxylic acid groups (broad SMARTS) is 1. The quantitative estimate of drug-likeness (QED) is 0.146. The normalized spacial score (nSPS) is 14.2. The number of phenols is 1. The molecule has 3 aromatic rings. The first-order valence-corrected chi connectivity index (χ1v) is 12.8. The minimum atomic E-state index is -1.47. The zero-order valence-corrected chi connectivity index (χ0v) is 22.3. The Bertz CT molecular complexity index is 1340. The van der Waals surface area contributed by atoms with Crippen LogP contribution in [0.2, 0.25) is 0 Å². The van der Waals surface area contributed by atoms with Gasteiger partial charge in [0.15, 0.2) is 0 Å². The van der Waals surface area contributed by atoms with E-state index >= 15 is 0 Å². The molecule has 1 aromatic heterocycles. The van der Waals surface area contributed by atoms with Crippen LogP contribution in [0.1, 0.15) is 25.0 Å². The number of carbonyl (C=O) groups is 4. The van der Waals surface area contributed by atoms with E-state index in [2.05, 4.69) is 20.9 Å². The van der Waals surface area contributed by atoms with Crippen molar-refractivity contribution in [2.75, 3.05) is 6.61 Å². The third-order valence-electron chi connectivity index (χ3n) is 6.51. The highest BCUT2D eigenvalue weighted by molar-refractivity contribution is 5.94. The molecule has 3 rings (SSSR count). The standard InChI is InChI=1S/C28H35N5O7/c1-15(2)24(28(39)40)33-27(38)23(14-34)32-26(37)22(11-16-7-9-18(35)10-8-16)31-25(36)20(29)12-17-13-30-21-6-4-3-5-19(17)21/h3-10,13,15,20,22-24,30,34-35H,11-12,14,29H2,1-2H3,(H,31,36)(H,32,37)(H,33,38)(H,39,40). The number of aliphatic hydroxyl groups excluding tert-OH is 1. The number of para-hydroxylation sites is 1. The van der Waals surface area contributed by atoms with Gasteiger partial charge in [0.25, 0.3) is 0 Å². The lowest BCUT2D eigenvalue weighted by molar-refractivity contribution is -0.143. The molecule has 0 radical (unpaired) electrons. The van der Waals surface area contributed by atoms with E-state index in [1.54, 1.807) is 32.2 Å². The smallest absolute Gasteiger partial charge is 0.326 e. The fraction of sp³-hybridized carbons (Fsp3) is 0.357. The summed E-state index contributed by atoms with van der Waals surface area (Å²) in [4.78, 5) is 53.6. The highest BCUT2D eigenvalue weighted by Crippen LogP contribution is 2.19. The number of rotatable bonds is 13. The number of phenolic OH excluding ortho intramolecular Hbond substituents is 1. The number of nitrogens with two attached hydrogens (primary N) is 1. The molecule has 0 fully saturated rings. The Labute approximate surface area is 231 Å². The van der Waals surface area contributed by atoms with Crippen LogP contribution in [0.5, 0.6) is 5.75 Å². The zero-order chi connectivity index (χ0) is 29.4. The second-order valence-corrected chi connectivity index (χ2v) is 9.91. The Balaban J connectivity index is 1.75. The number of aliphatic hydroxyl groups is 1. The van der Waals surface area contributed by atoms with E-state index < -0.39 is 60.4 Å². The van der Waals surface area contributed by atoms with Crippen molar-refractivity contribution in [3.8, 4) is 5.75 Å². The van der Waals surface area contributed by atoms with Crippen molar-refractivity contribution in [2.24, 2.45) is 11.7 Å². The van der Waals surface area contributed by atoms with Crippen LogP contribution >= 0.6 is 0 Å². The second-order valence-electron chi connectivity index (χ2n) is 9.91. The van der Waals surface area contributed by atoms with Gasteiger partial charge in [-0.05, 0) is 41.7 Å². The van der Waals surface area contributed by atoms with Crippen LogP contribution in [0, 0.1) is 5.92 Å². The second kappa shape index (κ2) is 13.6. The van der Waals surface area contributed by atoms with Gasteiger partial charge in [0.2, 0.25) is 17.7 Å². The van der Waals surface area contributed by atoms with Crippen molar-refractivity contribution < 1.29 is 34.5 Å². The summed E-state index contributed by atoms with van der Waals surface area (Å²) in [6, 6.07) is 8.66. The van der Waals surface area contributed by atoms with E-state index in [0.29, 0.717) is 5.56 Å². The Kier molecular flexibility index (Phi) is 10.2. The number of carboxylic acids is 1. The summed E-state index contributed by atoms with van der Waals surface area (Å²) in [5.41, 5.74) is 8.52. The van der Waals surface area contributed by atoms with Crippen molar-refractivity contribution in [1.82, 2.24) is 20.9 Å². The molecule has 214 valence electrons. The first-order valence-electron chi connectivity index (χ1n) is 12.8. The number of hydrogen-bond acceptors (Lipinski definition) is 7. The van der Waals surface area contributed by atoms with E-state index in [-0.39, 0.29) is 18.6 Å². The number of hydrogen-bond donors (Lipinski definition) is 8. The third kappa shape index (κ3) is 7.80. The number of aromatic amines is 1. The van der Waals surface area contributed by atoms with Gasteiger partial charge in [-0.3, -0.25) is 14.4 Å². The van der Waals surface area contributed by atoms with Crippen molar-refractivity contribution in [3.63, 3.8) is 0 Å². The van der Waals surface area contributed by atoms with Gasteiger partial charge in [-0.1, -0.05) is 44.2 Å². The Morgan fingerprint density at radius 1 is 0.875 bits per heavy atom. The lowest BCUT2D eigenvalue weighted by Gasteiger charge is -2.25. The van der Waals surface area contributed by atoms with Gasteiger partial charge in [-0.25, -0.2) is 4.79 Å². The highest BCUT2D eigenvalue weighted by Gasteiger charge is 2.31. The fourth-order valence-corrected chi connectivity index (χ4v) is 4.22. The van der Waals surface area contributed by atoms with Gasteiger partial charge in [-0.2, -0.15) is 0 Å². The topological polar surface area (TPSA) is 207 Å². The molecule has 0 bridgehead atoms. The maximum Gasteiger partial charge on any atom is 0.326 e. The maximum absolute atomic E-state index is 13.3. The van der Waals surface area contributed by atoms with Crippen molar-refractivity contribution in [1.29, 1.82) is 0 Å². The first kappa shape index (κ1) is 30.1. The molecule has 4 atom stereocenters. The summed E-state index contributed by atoms with van der Waals surface area (Å²) in [6.07, 6.45) is 1.95. The lowest BCUT2D eigenvalue weighted by atomic mass is 10.0. The van der Waals surface area contributed by atoms with Crippen LogP contribution in [0.3, 0.4) is 0 Å². The molecule has 0 saturated heterocycles. The van der Waals surface area contributed by atoms with Crippen molar-refractivity contribution >= 4 is 34.6 Å². The van der Waals surface area contributed by atoms with Crippen LogP contribution in [0.4, 0.5) is 0 Å². The molecule has 0 spiro atoms. The predicted molar refractivity (Wildman–Crippen MR) is 147 cm³/mol. The zero-order valence-electron chi connectivity index (χ0n) is 22.3. The summed E-state index contributed by atoms with van der Waals surface area (Å²) in [7, 11) is 0. The molecule has 0 saturated carbocycles. The number of amides is 3. The minimum Gasteiger partial charge on any atom is -0.508 e. The van der Waals surface area contributed by atoms with Crippen LogP contribution < -0.4 is 21.7 Å². The number of nitrogens with one attached hydrogen (secondary N) is 4. The van der Waals surface area contributed by atoms with E-state index in [0.717, 1.165) is 16.5 Å². The van der Waals surface area contributed by atoms with E-state index in [1.807, 2.05) is 24.3 Å². The largest absolute Gasteiger partial charge is 0.508 e. The van der Waals surface area contributed by atoms with E-state index in [9.17, 15) is 34.5 Å². The Hall–Kier alpha value is -4.42. The average molecular weight is 554 g/mol. The van der Waals surface area contributed by atoms with E-state index in [1.165, 1.54) is 12.1 Å². The molecule has 2 aromatic carbocycles. The summed E-state index contributed by atoms with van der Waals surface area (Å²) in [5, 5.41) is 37.0. The third-order valence-corrected chi connectivity index (χ3v) is 6.51.